The molecule has 0 unspecified atom stereocenters. The summed E-state index contributed by atoms with van der Waals surface area (Å²) in [5.74, 6) is 1.79. The molecule has 0 spiro atoms. The van der Waals surface area contributed by atoms with Crippen LogP contribution in [0.2, 0.25) is 0 Å². The zero-order valence-electron chi connectivity index (χ0n) is 17.9. The number of nitrogens with one attached hydrogen (secondary N) is 3. The molecule has 162 valence electrons. The van der Waals surface area contributed by atoms with Crippen molar-refractivity contribution in [3.8, 4) is 11.5 Å². The fourth-order valence-electron chi connectivity index (χ4n) is 3.21. The number of fused-ring (bicyclic) bond motifs is 1. The third-order valence-electron chi connectivity index (χ3n) is 4.86. The normalized spacial score (nSPS) is 14.7. The lowest BCUT2D eigenvalue weighted by atomic mass is 10.1. The fourth-order valence-corrected chi connectivity index (χ4v) is 4.31. The number of aryl methyl sites for hydroxylation is 1. The van der Waals surface area contributed by atoms with Crippen LogP contribution in [0, 0.1) is 13.8 Å². The van der Waals surface area contributed by atoms with Crippen molar-refractivity contribution in [2.75, 3.05) is 40.4 Å². The monoisotopic (exact) mass is 431 g/mol. The molecule has 1 atom stereocenters. The predicted octanol–water partition coefficient (Wildman–Crippen LogP) is 2.08. The summed E-state index contributed by atoms with van der Waals surface area (Å²) in [4.78, 5) is 11.9. The highest BCUT2D eigenvalue weighted by Gasteiger charge is 2.16. The van der Waals surface area contributed by atoms with Crippen molar-refractivity contribution in [3.63, 3.8) is 0 Å². The first kappa shape index (κ1) is 22.2. The Hall–Kier alpha value is -2.49. The van der Waals surface area contributed by atoms with E-state index in [2.05, 4.69) is 25.6 Å². The molecule has 3 heterocycles. The highest BCUT2D eigenvalue weighted by molar-refractivity contribution is 7.84. The Morgan fingerprint density at radius 1 is 1.07 bits per heavy atom. The van der Waals surface area contributed by atoms with Crippen LogP contribution in [-0.2, 0) is 16.6 Å². The van der Waals surface area contributed by atoms with Gasteiger partial charge in [-0.05, 0) is 26.0 Å². The summed E-state index contributed by atoms with van der Waals surface area (Å²) in [5.41, 5.74) is 4.16. The van der Waals surface area contributed by atoms with Crippen LogP contribution in [0.3, 0.4) is 0 Å². The molecule has 1 aromatic carbocycles. The standard InChI is InChI=1S/C17H19N3O3S.C4H10N2/c1-10-8-18-15(11(2)16(10)23-4)9-24(21)17-19-13-6-5-12(22-3)7-14(13)20-17;1-2-6-4-3-5-1/h5-8H,9H2,1-4H3,(H,19,20);5-6H,1-4H2/t24-;/m1./s1. The van der Waals surface area contributed by atoms with Crippen LogP contribution >= 0.6 is 0 Å². The maximum absolute atomic E-state index is 12.7. The van der Waals surface area contributed by atoms with E-state index in [1.807, 2.05) is 32.0 Å². The number of aromatic nitrogens is 3. The molecule has 2 aromatic heterocycles. The van der Waals surface area contributed by atoms with Gasteiger partial charge in [-0.1, -0.05) is 0 Å². The minimum Gasteiger partial charge on any atom is -0.497 e. The molecule has 0 bridgehead atoms. The van der Waals surface area contributed by atoms with Crippen LogP contribution in [0.4, 0.5) is 0 Å². The molecule has 8 nitrogen and oxygen atoms in total. The van der Waals surface area contributed by atoms with Gasteiger partial charge in [0.2, 0.25) is 0 Å². The van der Waals surface area contributed by atoms with Gasteiger partial charge < -0.3 is 25.1 Å². The Kier molecular flexibility index (Phi) is 7.78. The average molecular weight is 432 g/mol. The minimum atomic E-state index is -1.33. The maximum atomic E-state index is 12.7. The second kappa shape index (κ2) is 10.5. The van der Waals surface area contributed by atoms with Crippen LogP contribution in [0.5, 0.6) is 11.5 Å². The number of H-pyrrole nitrogens is 1. The maximum Gasteiger partial charge on any atom is 0.197 e. The van der Waals surface area contributed by atoms with E-state index in [1.54, 1.807) is 20.4 Å². The predicted molar refractivity (Wildman–Crippen MR) is 119 cm³/mol. The Balaban J connectivity index is 0.000000367. The minimum absolute atomic E-state index is 0.277. The van der Waals surface area contributed by atoms with Gasteiger partial charge in [0.1, 0.15) is 11.5 Å². The van der Waals surface area contributed by atoms with Crippen LogP contribution in [0.1, 0.15) is 16.8 Å². The molecule has 0 aliphatic carbocycles. The number of piperazine rings is 1. The number of methoxy groups -OCH3 is 2. The molecule has 0 amide bonds. The number of rotatable bonds is 5. The summed E-state index contributed by atoms with van der Waals surface area (Å²) in [6.45, 7) is 8.42. The summed E-state index contributed by atoms with van der Waals surface area (Å²) in [6, 6.07) is 5.50. The van der Waals surface area contributed by atoms with Crippen molar-refractivity contribution in [2.24, 2.45) is 0 Å². The molecule has 4 rings (SSSR count). The van der Waals surface area contributed by atoms with Gasteiger partial charge in [-0.3, -0.25) is 9.19 Å². The first-order valence-electron chi connectivity index (χ1n) is 9.86. The van der Waals surface area contributed by atoms with Gasteiger partial charge in [0.15, 0.2) is 5.16 Å². The van der Waals surface area contributed by atoms with Crippen LogP contribution in [0.15, 0.2) is 29.6 Å². The van der Waals surface area contributed by atoms with Crippen molar-refractivity contribution in [1.82, 2.24) is 25.6 Å². The van der Waals surface area contributed by atoms with E-state index in [9.17, 15) is 4.21 Å². The lowest BCUT2D eigenvalue weighted by Crippen LogP contribution is -2.39. The number of benzene rings is 1. The number of pyridine rings is 1. The van der Waals surface area contributed by atoms with Gasteiger partial charge in [-0.15, -0.1) is 0 Å². The van der Waals surface area contributed by atoms with Crippen molar-refractivity contribution < 1.29 is 13.7 Å². The van der Waals surface area contributed by atoms with Crippen LogP contribution < -0.4 is 20.1 Å². The van der Waals surface area contributed by atoms with E-state index in [1.165, 1.54) is 0 Å². The van der Waals surface area contributed by atoms with Gasteiger partial charge >= 0.3 is 0 Å². The van der Waals surface area contributed by atoms with Crippen LogP contribution in [-0.4, -0.2) is 59.6 Å². The Bertz CT molecular complexity index is 1010. The molecule has 3 N–H and O–H groups in total. The summed E-state index contributed by atoms with van der Waals surface area (Å²) < 4.78 is 23.3. The molecule has 1 fully saturated rings. The second-order valence-electron chi connectivity index (χ2n) is 6.96. The smallest absolute Gasteiger partial charge is 0.197 e. The molecule has 0 radical (unpaired) electrons. The van der Waals surface area contributed by atoms with Crippen molar-refractivity contribution in [1.29, 1.82) is 0 Å². The molecular formula is C21H29N5O3S. The highest BCUT2D eigenvalue weighted by Crippen LogP contribution is 2.26. The lowest BCUT2D eigenvalue weighted by molar-refractivity contribution is 0.407. The molecule has 1 aliphatic rings. The van der Waals surface area contributed by atoms with E-state index >= 15 is 0 Å². The van der Waals surface area contributed by atoms with Gasteiger partial charge in [0.05, 0.1) is 47.5 Å². The van der Waals surface area contributed by atoms with E-state index in [4.69, 9.17) is 9.47 Å². The zero-order chi connectivity index (χ0) is 21.5. The largest absolute Gasteiger partial charge is 0.497 e. The zero-order valence-corrected chi connectivity index (χ0v) is 18.7. The summed E-state index contributed by atoms with van der Waals surface area (Å²) in [7, 11) is 1.91. The molecular weight excluding hydrogens is 402 g/mol. The summed E-state index contributed by atoms with van der Waals surface area (Å²) in [6.07, 6.45) is 1.74. The third kappa shape index (κ3) is 5.35. The summed E-state index contributed by atoms with van der Waals surface area (Å²) in [5, 5.41) is 6.87. The van der Waals surface area contributed by atoms with E-state index in [0.717, 1.165) is 65.5 Å². The first-order valence-corrected chi connectivity index (χ1v) is 11.2. The van der Waals surface area contributed by atoms with Gasteiger partial charge in [-0.2, -0.15) is 0 Å². The highest BCUT2D eigenvalue weighted by atomic mass is 32.2. The quantitative estimate of drug-likeness (QED) is 0.569. The third-order valence-corrected chi connectivity index (χ3v) is 6.02. The molecule has 9 heteroatoms. The molecule has 0 saturated carbocycles. The van der Waals surface area contributed by atoms with Crippen LogP contribution in [0.25, 0.3) is 11.0 Å². The van der Waals surface area contributed by atoms with E-state index in [-0.39, 0.29) is 5.75 Å². The van der Waals surface area contributed by atoms with Crippen molar-refractivity contribution >= 4 is 21.8 Å². The van der Waals surface area contributed by atoms with Crippen molar-refractivity contribution in [2.45, 2.75) is 24.8 Å². The number of hydrogen-bond acceptors (Lipinski definition) is 7. The molecule has 30 heavy (non-hydrogen) atoms. The second-order valence-corrected chi connectivity index (χ2v) is 8.33. The number of hydrogen-bond donors (Lipinski definition) is 3. The Morgan fingerprint density at radius 2 is 1.77 bits per heavy atom. The van der Waals surface area contributed by atoms with E-state index in [0.29, 0.717) is 5.16 Å². The topological polar surface area (TPSA) is 101 Å². The fraction of sp³-hybridized carbons (Fsp3) is 0.429. The van der Waals surface area contributed by atoms with Crippen molar-refractivity contribution in [3.05, 3.63) is 41.2 Å². The average Bonchev–Trinajstić information content (AvgIpc) is 3.21. The van der Waals surface area contributed by atoms with E-state index < -0.39 is 10.8 Å². The van der Waals surface area contributed by atoms with Gasteiger partial charge in [0, 0.05) is 49.6 Å². The molecule has 1 saturated heterocycles. The summed E-state index contributed by atoms with van der Waals surface area (Å²) >= 11 is 0. The number of ether oxygens (including phenoxy) is 2. The first-order chi connectivity index (χ1) is 14.5. The molecule has 3 aromatic rings. The van der Waals surface area contributed by atoms with Gasteiger partial charge in [-0.25, -0.2) is 4.98 Å². The number of nitrogens with zero attached hydrogens (tertiary/aromatic N) is 2. The SMILES string of the molecule is C1CNCCN1.COc1ccc2nc([S@](=O)Cc3ncc(C)c(OC)c3C)[nH]c2c1. The number of imidazole rings is 1. The number of aromatic amines is 1. The Labute approximate surface area is 179 Å². The van der Waals surface area contributed by atoms with Gasteiger partial charge in [0.25, 0.3) is 0 Å². The Morgan fingerprint density at radius 3 is 2.37 bits per heavy atom. The lowest BCUT2D eigenvalue weighted by Gasteiger charge is -2.11. The molecule has 1 aliphatic heterocycles.